The number of carbonyl (C=O) groups is 2. The molecule has 1 amide bonds. The van der Waals surface area contributed by atoms with Crippen molar-refractivity contribution in [1.82, 2.24) is 4.90 Å². The van der Waals surface area contributed by atoms with Gasteiger partial charge in [-0.3, -0.25) is 9.59 Å². The molecule has 2 rings (SSSR count). The third kappa shape index (κ3) is 4.98. The molecule has 0 bridgehead atoms. The zero-order valence-corrected chi connectivity index (χ0v) is 14.4. The van der Waals surface area contributed by atoms with Crippen molar-refractivity contribution in [1.29, 1.82) is 0 Å². The summed E-state index contributed by atoms with van der Waals surface area (Å²) in [6.45, 7) is 3.76. The summed E-state index contributed by atoms with van der Waals surface area (Å²) in [7, 11) is 0. The van der Waals surface area contributed by atoms with E-state index in [0.29, 0.717) is 43.9 Å². The average Bonchev–Trinajstić information content (AvgIpc) is 2.61. The Balaban J connectivity index is 1.93. The summed E-state index contributed by atoms with van der Waals surface area (Å²) in [6, 6.07) is 7.32. The number of unbranched alkanes of at least 4 members (excludes halogenated alkanes) is 3. The van der Waals surface area contributed by atoms with E-state index in [1.165, 1.54) is 12.8 Å². The van der Waals surface area contributed by atoms with Crippen LogP contribution in [0.4, 0.5) is 0 Å². The molecular formula is C19H27NO4. The van der Waals surface area contributed by atoms with Crippen LogP contribution in [0.5, 0.6) is 5.75 Å². The second-order valence-electron chi connectivity index (χ2n) is 6.31. The number of para-hydroxylation sites is 1. The first-order valence-corrected chi connectivity index (χ1v) is 8.87. The monoisotopic (exact) mass is 333 g/mol. The lowest BCUT2D eigenvalue weighted by atomic mass is 9.96. The maximum atomic E-state index is 12.7. The molecule has 24 heavy (non-hydrogen) atoms. The molecule has 1 aliphatic rings. The molecule has 0 saturated carbocycles. The lowest BCUT2D eigenvalue weighted by Gasteiger charge is -2.30. The van der Waals surface area contributed by atoms with Gasteiger partial charge in [-0.1, -0.05) is 38.3 Å². The van der Waals surface area contributed by atoms with Crippen molar-refractivity contribution < 1.29 is 19.4 Å². The zero-order valence-electron chi connectivity index (χ0n) is 14.4. The van der Waals surface area contributed by atoms with Crippen molar-refractivity contribution in [3.8, 4) is 5.75 Å². The predicted molar refractivity (Wildman–Crippen MR) is 92.3 cm³/mol. The summed E-state index contributed by atoms with van der Waals surface area (Å²) in [5.74, 6) is -0.542. The summed E-state index contributed by atoms with van der Waals surface area (Å²) >= 11 is 0. The van der Waals surface area contributed by atoms with Crippen LogP contribution in [0.15, 0.2) is 24.3 Å². The highest BCUT2D eigenvalue weighted by atomic mass is 16.5. The number of likely N-dealkylation sites (tertiary alicyclic amines) is 1. The van der Waals surface area contributed by atoms with E-state index in [1.54, 1.807) is 11.0 Å². The van der Waals surface area contributed by atoms with Gasteiger partial charge in [-0.15, -0.1) is 0 Å². The van der Waals surface area contributed by atoms with Crippen molar-refractivity contribution in [2.75, 3.05) is 19.7 Å². The summed E-state index contributed by atoms with van der Waals surface area (Å²) in [5.41, 5.74) is 0.571. The Morgan fingerprint density at radius 1 is 1.17 bits per heavy atom. The molecule has 1 saturated heterocycles. The minimum atomic E-state index is -0.766. The molecule has 1 aliphatic heterocycles. The maximum absolute atomic E-state index is 12.7. The number of benzene rings is 1. The van der Waals surface area contributed by atoms with Crippen LogP contribution in [-0.4, -0.2) is 41.6 Å². The predicted octanol–water partition coefficient (Wildman–Crippen LogP) is 3.58. The second kappa shape index (κ2) is 9.30. The van der Waals surface area contributed by atoms with Crippen LogP contribution in [0.2, 0.25) is 0 Å². The largest absolute Gasteiger partial charge is 0.493 e. The van der Waals surface area contributed by atoms with Gasteiger partial charge in [0.25, 0.3) is 5.91 Å². The topological polar surface area (TPSA) is 66.8 Å². The number of amides is 1. The molecule has 0 unspecified atom stereocenters. The van der Waals surface area contributed by atoms with Crippen LogP contribution >= 0.6 is 0 Å². The minimum Gasteiger partial charge on any atom is -0.493 e. The van der Waals surface area contributed by atoms with E-state index in [9.17, 15) is 9.59 Å². The van der Waals surface area contributed by atoms with Crippen molar-refractivity contribution in [3.63, 3.8) is 0 Å². The second-order valence-corrected chi connectivity index (χ2v) is 6.31. The molecule has 1 fully saturated rings. The van der Waals surface area contributed by atoms with Gasteiger partial charge < -0.3 is 14.7 Å². The maximum Gasteiger partial charge on any atom is 0.306 e. The van der Waals surface area contributed by atoms with Gasteiger partial charge in [0.1, 0.15) is 5.75 Å². The van der Waals surface area contributed by atoms with Crippen LogP contribution < -0.4 is 4.74 Å². The molecule has 132 valence electrons. The number of aliphatic carboxylic acids is 1. The van der Waals surface area contributed by atoms with Crippen LogP contribution in [-0.2, 0) is 4.79 Å². The number of carbonyl (C=O) groups excluding carboxylic acids is 1. The van der Waals surface area contributed by atoms with E-state index >= 15 is 0 Å². The number of carboxylic acids is 1. The van der Waals surface area contributed by atoms with Gasteiger partial charge in [-0.25, -0.2) is 0 Å². The van der Waals surface area contributed by atoms with Gasteiger partial charge in [-0.2, -0.15) is 0 Å². The van der Waals surface area contributed by atoms with E-state index in [-0.39, 0.29) is 11.8 Å². The average molecular weight is 333 g/mol. The Hall–Kier alpha value is -2.04. The van der Waals surface area contributed by atoms with Gasteiger partial charge in [0.2, 0.25) is 0 Å². The first-order valence-electron chi connectivity index (χ1n) is 8.87. The highest BCUT2D eigenvalue weighted by molar-refractivity contribution is 5.97. The van der Waals surface area contributed by atoms with E-state index in [0.717, 1.165) is 12.8 Å². The lowest BCUT2D eigenvalue weighted by molar-refractivity contribution is -0.143. The standard InChI is InChI=1S/C19H27NO4/c1-2-3-4-7-14-24-17-9-6-5-8-16(17)18(21)20-12-10-15(11-13-20)19(22)23/h5-6,8-9,15H,2-4,7,10-14H2,1H3,(H,22,23). The first kappa shape index (κ1) is 18.3. The van der Waals surface area contributed by atoms with Gasteiger partial charge >= 0.3 is 5.97 Å². The number of rotatable bonds is 8. The Labute approximate surface area is 143 Å². The Morgan fingerprint density at radius 2 is 1.88 bits per heavy atom. The highest BCUT2D eigenvalue weighted by Crippen LogP contribution is 2.24. The summed E-state index contributed by atoms with van der Waals surface area (Å²) in [6.07, 6.45) is 5.53. The van der Waals surface area contributed by atoms with E-state index < -0.39 is 5.97 Å². The smallest absolute Gasteiger partial charge is 0.306 e. The minimum absolute atomic E-state index is 0.0667. The molecule has 0 aliphatic carbocycles. The van der Waals surface area contributed by atoms with Crippen LogP contribution in [0.3, 0.4) is 0 Å². The van der Waals surface area contributed by atoms with Crippen LogP contribution in [0.1, 0.15) is 55.8 Å². The molecule has 0 spiro atoms. The number of hydrogen-bond donors (Lipinski definition) is 1. The van der Waals surface area contributed by atoms with Crippen molar-refractivity contribution in [3.05, 3.63) is 29.8 Å². The fourth-order valence-corrected chi connectivity index (χ4v) is 2.98. The SMILES string of the molecule is CCCCCCOc1ccccc1C(=O)N1CCC(C(=O)O)CC1. The fourth-order valence-electron chi connectivity index (χ4n) is 2.98. The Bertz CT molecular complexity index is 550. The molecular weight excluding hydrogens is 306 g/mol. The molecule has 1 heterocycles. The fraction of sp³-hybridized carbons (Fsp3) is 0.579. The molecule has 1 N–H and O–H groups in total. The van der Waals surface area contributed by atoms with E-state index in [1.807, 2.05) is 18.2 Å². The third-order valence-electron chi connectivity index (χ3n) is 4.50. The molecule has 1 aromatic rings. The third-order valence-corrected chi connectivity index (χ3v) is 4.50. The normalized spacial score (nSPS) is 15.3. The first-order chi connectivity index (χ1) is 11.6. The van der Waals surface area contributed by atoms with Gasteiger partial charge in [0, 0.05) is 13.1 Å². The summed E-state index contributed by atoms with van der Waals surface area (Å²) in [4.78, 5) is 25.5. The number of carboxylic acid groups (broad SMARTS) is 1. The summed E-state index contributed by atoms with van der Waals surface area (Å²) in [5, 5.41) is 9.06. The number of ether oxygens (including phenoxy) is 1. The van der Waals surface area contributed by atoms with Crippen LogP contribution in [0.25, 0.3) is 0 Å². The molecule has 5 nitrogen and oxygen atoms in total. The Kier molecular flexibility index (Phi) is 7.09. The molecule has 0 atom stereocenters. The Morgan fingerprint density at radius 3 is 2.54 bits per heavy atom. The molecule has 1 aromatic carbocycles. The molecule has 0 radical (unpaired) electrons. The van der Waals surface area contributed by atoms with Crippen LogP contribution in [0, 0.1) is 5.92 Å². The van der Waals surface area contributed by atoms with Gasteiger partial charge in [0.15, 0.2) is 0 Å². The lowest BCUT2D eigenvalue weighted by Crippen LogP contribution is -2.40. The van der Waals surface area contributed by atoms with E-state index in [4.69, 9.17) is 9.84 Å². The summed E-state index contributed by atoms with van der Waals surface area (Å²) < 4.78 is 5.81. The number of hydrogen-bond acceptors (Lipinski definition) is 3. The molecule has 0 aromatic heterocycles. The number of nitrogens with zero attached hydrogens (tertiary/aromatic N) is 1. The van der Waals surface area contributed by atoms with Crippen molar-refractivity contribution in [2.45, 2.75) is 45.4 Å². The molecule has 5 heteroatoms. The van der Waals surface area contributed by atoms with Crippen molar-refractivity contribution >= 4 is 11.9 Å². The van der Waals surface area contributed by atoms with Gasteiger partial charge in [0.05, 0.1) is 18.1 Å². The quantitative estimate of drug-likeness (QED) is 0.738. The highest BCUT2D eigenvalue weighted by Gasteiger charge is 2.28. The van der Waals surface area contributed by atoms with Crippen molar-refractivity contribution in [2.24, 2.45) is 5.92 Å². The number of piperidine rings is 1. The van der Waals surface area contributed by atoms with Gasteiger partial charge in [-0.05, 0) is 31.4 Å². The zero-order chi connectivity index (χ0) is 17.4. The van der Waals surface area contributed by atoms with E-state index in [2.05, 4.69) is 6.92 Å².